The number of halogens is 3. The SMILES string of the molecule is O=C(Cn1cnc2scc(-c3ccc(Cl)cc3)c2c1=O)N1CC(F)(F)C1. The standard InChI is InChI=1S/C17H12ClF2N3O2S/c18-11-3-1-10(2-4-11)12-6-26-15-14(12)16(25)22(9-21-15)5-13(24)23-7-17(19,20)8-23/h1-4,6,9H,5,7-8H2. The van der Waals surface area contributed by atoms with Crippen molar-refractivity contribution in [2.24, 2.45) is 0 Å². The number of carbonyl (C=O) groups excluding carboxylic acids is 1. The van der Waals surface area contributed by atoms with Crippen LogP contribution in [0, 0.1) is 0 Å². The zero-order valence-electron chi connectivity index (χ0n) is 13.3. The van der Waals surface area contributed by atoms with Crippen molar-refractivity contribution in [3.8, 4) is 11.1 Å². The molecule has 1 amide bonds. The number of alkyl halides is 2. The molecule has 0 atom stereocenters. The van der Waals surface area contributed by atoms with Gasteiger partial charge in [-0.15, -0.1) is 11.3 Å². The van der Waals surface area contributed by atoms with E-state index in [2.05, 4.69) is 4.98 Å². The second-order valence-corrected chi connectivity index (χ2v) is 7.41. The Morgan fingerprint density at radius 3 is 2.62 bits per heavy atom. The molecule has 1 aromatic carbocycles. The van der Waals surface area contributed by atoms with Crippen LogP contribution < -0.4 is 5.56 Å². The summed E-state index contributed by atoms with van der Waals surface area (Å²) in [6.07, 6.45) is 1.28. The summed E-state index contributed by atoms with van der Waals surface area (Å²) in [5.74, 6) is -3.36. The molecule has 0 unspecified atom stereocenters. The molecule has 1 aliphatic rings. The minimum Gasteiger partial charge on any atom is -0.329 e. The molecule has 0 spiro atoms. The second kappa shape index (κ2) is 6.14. The van der Waals surface area contributed by atoms with E-state index in [0.717, 1.165) is 15.0 Å². The lowest BCUT2D eigenvalue weighted by Gasteiger charge is -2.38. The molecule has 9 heteroatoms. The van der Waals surface area contributed by atoms with Crippen LogP contribution in [0.1, 0.15) is 0 Å². The summed E-state index contributed by atoms with van der Waals surface area (Å²) in [5.41, 5.74) is 1.14. The Balaban J connectivity index is 1.68. The molecular weight excluding hydrogens is 384 g/mol. The van der Waals surface area contributed by atoms with Crippen molar-refractivity contribution >= 4 is 39.1 Å². The Bertz CT molecular complexity index is 1050. The van der Waals surface area contributed by atoms with E-state index in [1.54, 1.807) is 24.3 Å². The second-order valence-electron chi connectivity index (χ2n) is 6.12. The number of amides is 1. The van der Waals surface area contributed by atoms with Gasteiger partial charge in [0.25, 0.3) is 11.5 Å². The largest absolute Gasteiger partial charge is 0.329 e. The normalized spacial score (nSPS) is 15.9. The number of rotatable bonds is 3. The molecule has 0 aliphatic carbocycles. The molecule has 4 rings (SSSR count). The summed E-state index contributed by atoms with van der Waals surface area (Å²) in [7, 11) is 0. The zero-order chi connectivity index (χ0) is 18.5. The van der Waals surface area contributed by atoms with Crippen molar-refractivity contribution in [2.75, 3.05) is 13.1 Å². The van der Waals surface area contributed by atoms with Crippen molar-refractivity contribution in [3.63, 3.8) is 0 Å². The van der Waals surface area contributed by atoms with Gasteiger partial charge in [0.15, 0.2) is 0 Å². The van der Waals surface area contributed by atoms with Gasteiger partial charge in [-0.25, -0.2) is 13.8 Å². The van der Waals surface area contributed by atoms with Gasteiger partial charge in [-0.1, -0.05) is 23.7 Å². The summed E-state index contributed by atoms with van der Waals surface area (Å²) in [4.78, 5) is 30.7. The molecule has 1 fully saturated rings. The first-order chi connectivity index (χ1) is 12.3. The Labute approximate surface area is 155 Å². The Hall–Kier alpha value is -2.32. The van der Waals surface area contributed by atoms with Gasteiger partial charge < -0.3 is 4.90 Å². The third kappa shape index (κ3) is 2.99. The summed E-state index contributed by atoms with van der Waals surface area (Å²) < 4.78 is 27.0. The van der Waals surface area contributed by atoms with Crippen molar-refractivity contribution < 1.29 is 13.6 Å². The molecule has 0 radical (unpaired) electrons. The van der Waals surface area contributed by atoms with Crippen molar-refractivity contribution in [1.29, 1.82) is 0 Å². The average Bonchev–Trinajstić information content (AvgIpc) is 3.00. The van der Waals surface area contributed by atoms with Crippen molar-refractivity contribution in [2.45, 2.75) is 12.5 Å². The molecule has 134 valence electrons. The van der Waals surface area contributed by atoms with E-state index in [1.165, 1.54) is 17.7 Å². The molecule has 0 N–H and O–H groups in total. The maximum atomic E-state index is 12.9. The summed E-state index contributed by atoms with van der Waals surface area (Å²) in [6.45, 7) is -1.52. The fraction of sp³-hybridized carbons (Fsp3) is 0.235. The van der Waals surface area contributed by atoms with E-state index in [1.807, 2.05) is 5.38 Å². The van der Waals surface area contributed by atoms with E-state index < -0.39 is 24.9 Å². The molecule has 26 heavy (non-hydrogen) atoms. The number of thiophene rings is 1. The Morgan fingerprint density at radius 2 is 1.96 bits per heavy atom. The van der Waals surface area contributed by atoms with Crippen LogP contribution in [0.4, 0.5) is 8.78 Å². The minimum atomic E-state index is -2.84. The number of likely N-dealkylation sites (tertiary alicyclic amines) is 1. The lowest BCUT2D eigenvalue weighted by molar-refractivity contribution is -0.166. The van der Waals surface area contributed by atoms with Crippen LogP contribution in [-0.4, -0.2) is 39.4 Å². The van der Waals surface area contributed by atoms with E-state index in [9.17, 15) is 18.4 Å². The molecule has 0 bridgehead atoms. The summed E-state index contributed by atoms with van der Waals surface area (Å²) in [6, 6.07) is 7.05. The van der Waals surface area contributed by atoms with Gasteiger partial charge in [-0.05, 0) is 17.7 Å². The van der Waals surface area contributed by atoms with E-state index in [4.69, 9.17) is 11.6 Å². The van der Waals surface area contributed by atoms with Crippen molar-refractivity contribution in [1.82, 2.24) is 14.5 Å². The van der Waals surface area contributed by atoms with Gasteiger partial charge in [0.05, 0.1) is 24.8 Å². The minimum absolute atomic E-state index is 0.312. The van der Waals surface area contributed by atoms with Crippen LogP contribution in [0.2, 0.25) is 5.02 Å². The van der Waals surface area contributed by atoms with Crippen LogP contribution in [0.25, 0.3) is 21.3 Å². The highest BCUT2D eigenvalue weighted by atomic mass is 35.5. The smallest absolute Gasteiger partial charge is 0.282 e. The van der Waals surface area contributed by atoms with Gasteiger partial charge in [0.2, 0.25) is 5.91 Å². The van der Waals surface area contributed by atoms with E-state index in [0.29, 0.717) is 20.8 Å². The number of fused-ring (bicyclic) bond motifs is 1. The maximum absolute atomic E-state index is 12.9. The molecule has 1 saturated heterocycles. The average molecular weight is 396 g/mol. The van der Waals surface area contributed by atoms with Gasteiger partial charge in [-0.2, -0.15) is 0 Å². The van der Waals surface area contributed by atoms with Crippen LogP contribution in [0.15, 0.2) is 40.8 Å². The fourth-order valence-corrected chi connectivity index (χ4v) is 3.89. The van der Waals surface area contributed by atoms with Gasteiger partial charge in [0.1, 0.15) is 11.4 Å². The highest BCUT2D eigenvalue weighted by molar-refractivity contribution is 7.17. The third-order valence-corrected chi connectivity index (χ3v) is 5.36. The molecule has 2 aromatic heterocycles. The van der Waals surface area contributed by atoms with Crippen LogP contribution in [0.5, 0.6) is 0 Å². The third-order valence-electron chi connectivity index (χ3n) is 4.22. The van der Waals surface area contributed by atoms with Crippen LogP contribution in [0.3, 0.4) is 0 Å². The van der Waals surface area contributed by atoms with E-state index >= 15 is 0 Å². The number of aromatic nitrogens is 2. The van der Waals surface area contributed by atoms with Gasteiger partial charge in [-0.3, -0.25) is 14.2 Å². The number of benzene rings is 1. The quantitative estimate of drug-likeness (QED) is 0.684. The lowest BCUT2D eigenvalue weighted by atomic mass is 10.1. The molecule has 5 nitrogen and oxygen atoms in total. The number of hydrogen-bond acceptors (Lipinski definition) is 4. The summed E-state index contributed by atoms with van der Waals surface area (Å²) >= 11 is 7.23. The lowest BCUT2D eigenvalue weighted by Crippen LogP contribution is -2.59. The first-order valence-corrected chi connectivity index (χ1v) is 8.98. The predicted octanol–water partition coefficient (Wildman–Crippen LogP) is 3.26. The first-order valence-electron chi connectivity index (χ1n) is 7.72. The number of hydrogen-bond donors (Lipinski definition) is 0. The zero-order valence-corrected chi connectivity index (χ0v) is 14.9. The van der Waals surface area contributed by atoms with Crippen LogP contribution in [-0.2, 0) is 11.3 Å². The van der Waals surface area contributed by atoms with Gasteiger partial charge >= 0.3 is 0 Å². The topological polar surface area (TPSA) is 55.2 Å². The van der Waals surface area contributed by atoms with E-state index in [-0.39, 0.29) is 12.1 Å². The molecule has 0 saturated carbocycles. The Morgan fingerprint density at radius 1 is 1.27 bits per heavy atom. The molecule has 3 aromatic rings. The molecule has 3 heterocycles. The monoisotopic (exact) mass is 395 g/mol. The fourth-order valence-electron chi connectivity index (χ4n) is 2.86. The maximum Gasteiger partial charge on any atom is 0.282 e. The highest BCUT2D eigenvalue weighted by Gasteiger charge is 2.46. The highest BCUT2D eigenvalue weighted by Crippen LogP contribution is 2.31. The first kappa shape index (κ1) is 17.1. The number of nitrogens with zero attached hydrogens (tertiary/aromatic N) is 3. The Kier molecular flexibility index (Phi) is 4.04. The summed E-state index contributed by atoms with van der Waals surface area (Å²) in [5, 5.41) is 2.81. The predicted molar refractivity (Wildman–Crippen MR) is 95.9 cm³/mol. The van der Waals surface area contributed by atoms with Crippen LogP contribution >= 0.6 is 22.9 Å². The number of carbonyl (C=O) groups is 1. The van der Waals surface area contributed by atoms with Gasteiger partial charge in [0, 0.05) is 16.0 Å². The molecular formula is C17H12ClF2N3O2S. The van der Waals surface area contributed by atoms with Crippen molar-refractivity contribution in [3.05, 3.63) is 51.3 Å². The molecule has 1 aliphatic heterocycles.